The summed E-state index contributed by atoms with van der Waals surface area (Å²) in [5.74, 6) is -1.68. The van der Waals surface area contributed by atoms with E-state index in [4.69, 9.17) is 5.14 Å². The summed E-state index contributed by atoms with van der Waals surface area (Å²) in [6, 6.07) is 29.8. The molecule has 4 aromatic carbocycles. The lowest BCUT2D eigenvalue weighted by Crippen LogP contribution is -2.35. The van der Waals surface area contributed by atoms with E-state index in [1.807, 2.05) is 30.3 Å². The number of benzene rings is 4. The van der Waals surface area contributed by atoms with Crippen molar-refractivity contribution < 1.29 is 27.9 Å². The molecule has 0 spiro atoms. The molecule has 4 aromatic rings. The molecule has 4 N–H and O–H groups in total. The maximum atomic E-state index is 13.9. The highest BCUT2D eigenvalue weighted by Crippen LogP contribution is 2.28. The van der Waals surface area contributed by atoms with Crippen molar-refractivity contribution in [1.29, 1.82) is 0 Å². The topological polar surface area (TPSA) is 147 Å². The van der Waals surface area contributed by atoms with Gasteiger partial charge >= 0.3 is 5.97 Å². The second-order valence-electron chi connectivity index (χ2n) is 9.96. The van der Waals surface area contributed by atoms with E-state index >= 15 is 0 Å². The quantitative estimate of drug-likeness (QED) is 0.211. The van der Waals surface area contributed by atoms with Crippen molar-refractivity contribution in [3.05, 3.63) is 125 Å². The van der Waals surface area contributed by atoms with Crippen molar-refractivity contribution in [1.82, 2.24) is 10.2 Å². The molecule has 9 nitrogen and oxygen atoms in total. The van der Waals surface area contributed by atoms with Crippen LogP contribution in [-0.4, -0.2) is 55.8 Å². The highest BCUT2D eigenvalue weighted by molar-refractivity contribution is 7.89. The normalized spacial score (nSPS) is 11.1. The number of primary sulfonamides is 1. The molecule has 0 aliphatic rings. The van der Waals surface area contributed by atoms with Crippen molar-refractivity contribution in [3.8, 4) is 11.1 Å². The maximum Gasteiger partial charge on any atom is 0.305 e. The number of carboxylic acid groups (broad SMARTS) is 1. The second kappa shape index (κ2) is 14.4. The Balaban J connectivity index is 1.56. The highest BCUT2D eigenvalue weighted by atomic mass is 32.2. The Morgan fingerprint density at radius 1 is 0.698 bits per heavy atom. The molecule has 222 valence electrons. The summed E-state index contributed by atoms with van der Waals surface area (Å²) in [7, 11) is -3.84. The molecule has 0 aliphatic heterocycles. The zero-order valence-corrected chi connectivity index (χ0v) is 24.3. The second-order valence-corrected chi connectivity index (χ2v) is 11.5. The molecule has 0 aromatic heterocycles. The predicted octanol–water partition coefficient (Wildman–Crippen LogP) is 4.13. The first-order valence-electron chi connectivity index (χ1n) is 13.8. The predicted molar refractivity (Wildman–Crippen MR) is 164 cm³/mol. The summed E-state index contributed by atoms with van der Waals surface area (Å²) in [5.41, 5.74) is 3.75. The van der Waals surface area contributed by atoms with Gasteiger partial charge in [0, 0.05) is 30.8 Å². The van der Waals surface area contributed by atoms with Gasteiger partial charge in [-0.2, -0.15) is 0 Å². The van der Waals surface area contributed by atoms with Crippen LogP contribution in [0.3, 0.4) is 0 Å². The van der Waals surface area contributed by atoms with Gasteiger partial charge in [0.25, 0.3) is 11.8 Å². The van der Waals surface area contributed by atoms with Crippen LogP contribution >= 0.6 is 0 Å². The third-order valence-electron chi connectivity index (χ3n) is 6.97. The van der Waals surface area contributed by atoms with Gasteiger partial charge < -0.3 is 15.3 Å². The number of carboxylic acids is 1. The highest BCUT2D eigenvalue weighted by Gasteiger charge is 2.22. The van der Waals surface area contributed by atoms with E-state index < -0.39 is 16.0 Å². The Bertz CT molecular complexity index is 1690. The molecule has 43 heavy (non-hydrogen) atoms. The third-order valence-corrected chi connectivity index (χ3v) is 7.90. The number of nitrogens with one attached hydrogen (secondary N) is 1. The van der Waals surface area contributed by atoms with E-state index in [9.17, 15) is 27.9 Å². The van der Waals surface area contributed by atoms with Gasteiger partial charge in [0.2, 0.25) is 10.0 Å². The number of sulfonamides is 1. The molecule has 0 saturated carbocycles. The van der Waals surface area contributed by atoms with Gasteiger partial charge in [0.15, 0.2) is 0 Å². The number of hydrogen-bond donors (Lipinski definition) is 3. The molecule has 0 saturated heterocycles. The first-order chi connectivity index (χ1) is 20.6. The number of amides is 2. The molecule has 10 heteroatoms. The van der Waals surface area contributed by atoms with Crippen LogP contribution in [0.2, 0.25) is 0 Å². The van der Waals surface area contributed by atoms with Crippen molar-refractivity contribution in [2.45, 2.75) is 24.2 Å². The molecule has 0 heterocycles. The number of rotatable bonds is 13. The van der Waals surface area contributed by atoms with Crippen molar-refractivity contribution in [2.24, 2.45) is 5.14 Å². The van der Waals surface area contributed by atoms with Gasteiger partial charge in [-0.15, -0.1) is 0 Å². The molecule has 0 unspecified atom stereocenters. The molecule has 2 amide bonds. The fraction of sp³-hybridized carbons (Fsp3) is 0.182. The largest absolute Gasteiger partial charge is 0.481 e. The van der Waals surface area contributed by atoms with Crippen LogP contribution in [0, 0.1) is 0 Å². The van der Waals surface area contributed by atoms with E-state index in [1.54, 1.807) is 60.7 Å². The summed E-state index contributed by atoms with van der Waals surface area (Å²) in [5, 5.41) is 17.5. The average molecular weight is 600 g/mol. The van der Waals surface area contributed by atoms with E-state index in [-0.39, 0.29) is 36.2 Å². The summed E-state index contributed by atoms with van der Waals surface area (Å²) in [4.78, 5) is 40.0. The summed E-state index contributed by atoms with van der Waals surface area (Å²) in [6.45, 7) is 0.606. The smallest absolute Gasteiger partial charge is 0.305 e. The van der Waals surface area contributed by atoms with E-state index in [2.05, 4.69) is 5.32 Å². The van der Waals surface area contributed by atoms with Crippen molar-refractivity contribution >= 4 is 27.8 Å². The lowest BCUT2D eigenvalue weighted by molar-refractivity contribution is -0.137. The lowest BCUT2D eigenvalue weighted by Gasteiger charge is -2.24. The Labute approximate surface area is 251 Å². The molecule has 0 fully saturated rings. The minimum atomic E-state index is -3.84. The van der Waals surface area contributed by atoms with Crippen LogP contribution in [0.4, 0.5) is 0 Å². The van der Waals surface area contributed by atoms with Gasteiger partial charge in [-0.05, 0) is 59.4 Å². The first kappa shape index (κ1) is 31.1. The summed E-state index contributed by atoms with van der Waals surface area (Å²) < 4.78 is 23.2. The Kier molecular flexibility index (Phi) is 10.4. The molecule has 0 aliphatic carbocycles. The molecule has 0 radical (unpaired) electrons. The number of aliphatic carboxylic acids is 1. The monoisotopic (exact) mass is 599 g/mol. The average Bonchev–Trinajstić information content (AvgIpc) is 3.01. The van der Waals surface area contributed by atoms with Crippen molar-refractivity contribution in [3.63, 3.8) is 0 Å². The first-order valence-corrected chi connectivity index (χ1v) is 15.3. The van der Waals surface area contributed by atoms with E-state index in [1.165, 1.54) is 17.0 Å². The van der Waals surface area contributed by atoms with Crippen LogP contribution in [-0.2, 0) is 27.7 Å². The molecule has 0 atom stereocenters. The van der Waals surface area contributed by atoms with Crippen molar-refractivity contribution in [2.75, 3.05) is 19.6 Å². The van der Waals surface area contributed by atoms with E-state index in [0.29, 0.717) is 41.6 Å². The van der Waals surface area contributed by atoms with Crippen LogP contribution in [0.5, 0.6) is 0 Å². The number of nitrogens with two attached hydrogens (primary N) is 1. The zero-order valence-electron chi connectivity index (χ0n) is 23.5. The number of hydrogen-bond acceptors (Lipinski definition) is 5. The van der Waals surface area contributed by atoms with Gasteiger partial charge in [0.05, 0.1) is 11.3 Å². The molecular formula is C33H33N3O6S. The summed E-state index contributed by atoms with van der Waals surface area (Å²) in [6.07, 6.45) is 0.782. The molecule has 4 rings (SSSR count). The maximum absolute atomic E-state index is 13.9. The van der Waals surface area contributed by atoms with Gasteiger partial charge in [-0.1, -0.05) is 78.9 Å². The fourth-order valence-electron chi connectivity index (χ4n) is 4.71. The SMILES string of the molecule is NS(=O)(=O)c1ccc(CCN(CCC(=O)O)C(=O)c2ccccc2-c2ccccc2C(=O)NCCc2ccccc2)cc1. The van der Waals surface area contributed by atoms with Crippen LogP contribution in [0.1, 0.15) is 38.3 Å². The summed E-state index contributed by atoms with van der Waals surface area (Å²) >= 11 is 0. The Morgan fingerprint density at radius 2 is 1.26 bits per heavy atom. The number of carbonyl (C=O) groups is 3. The fourth-order valence-corrected chi connectivity index (χ4v) is 5.22. The third kappa shape index (κ3) is 8.60. The van der Waals surface area contributed by atoms with Crippen LogP contribution < -0.4 is 10.5 Å². The molecular weight excluding hydrogens is 566 g/mol. The standard InChI is InChI=1S/C33H33N3O6S/c34-43(41,42)26-16-14-25(15-17-26)19-22-36(23-20-31(37)38)33(40)30-13-7-5-11-28(30)27-10-4-6-12-29(27)32(39)35-21-18-24-8-2-1-3-9-24/h1-17H,18-23H2,(H,35,39)(H,37,38)(H2,34,41,42). The minimum absolute atomic E-state index is 0.0215. The van der Waals surface area contributed by atoms with Gasteiger partial charge in [0.1, 0.15) is 0 Å². The van der Waals surface area contributed by atoms with Gasteiger partial charge in [-0.25, -0.2) is 13.6 Å². The molecule has 0 bridgehead atoms. The number of carbonyl (C=O) groups excluding carboxylic acids is 2. The lowest BCUT2D eigenvalue weighted by atomic mass is 9.94. The Hall–Kier alpha value is -4.80. The zero-order chi connectivity index (χ0) is 30.8. The number of nitrogens with zero attached hydrogens (tertiary/aromatic N) is 1. The Morgan fingerprint density at radius 3 is 1.88 bits per heavy atom. The van der Waals surface area contributed by atoms with Crippen LogP contribution in [0.25, 0.3) is 11.1 Å². The van der Waals surface area contributed by atoms with Crippen LogP contribution in [0.15, 0.2) is 108 Å². The van der Waals surface area contributed by atoms with Gasteiger partial charge in [-0.3, -0.25) is 14.4 Å². The minimum Gasteiger partial charge on any atom is -0.481 e. The van der Waals surface area contributed by atoms with E-state index in [0.717, 1.165) is 11.1 Å².